The summed E-state index contributed by atoms with van der Waals surface area (Å²) in [6.45, 7) is 0. The Balaban J connectivity index is 1.85. The van der Waals surface area contributed by atoms with E-state index in [-0.39, 0.29) is 16.9 Å². The molecule has 0 bridgehead atoms. The average molecular weight is 336 g/mol. The topological polar surface area (TPSA) is 68.4 Å². The van der Waals surface area contributed by atoms with Crippen molar-refractivity contribution in [1.29, 1.82) is 0 Å². The highest BCUT2D eigenvalue weighted by Gasteiger charge is 2.18. The molecule has 0 aliphatic heterocycles. The molecule has 0 radical (unpaired) electrons. The number of aryl methyl sites for hydroxylation is 1. The van der Waals surface area contributed by atoms with Gasteiger partial charge in [0.1, 0.15) is 22.8 Å². The number of carbonyl (C=O) groups excluding carboxylic acids is 1. The molecule has 1 aromatic carbocycles. The van der Waals surface area contributed by atoms with Crippen LogP contribution < -0.4 is 10.9 Å². The Kier molecular flexibility index (Phi) is 3.35. The molecule has 4 aromatic rings. The molecule has 0 unspecified atom stereocenters. The van der Waals surface area contributed by atoms with Crippen LogP contribution in [-0.4, -0.2) is 19.9 Å². The van der Waals surface area contributed by atoms with Crippen LogP contribution in [0.1, 0.15) is 10.5 Å². The van der Waals surface area contributed by atoms with E-state index in [1.807, 2.05) is 0 Å². The predicted octanol–water partition coefficient (Wildman–Crippen LogP) is 2.58. The van der Waals surface area contributed by atoms with Gasteiger partial charge in [-0.2, -0.15) is 0 Å². The van der Waals surface area contributed by atoms with Gasteiger partial charge in [0.25, 0.3) is 11.5 Å². The first-order chi connectivity index (χ1) is 12.1. The number of benzene rings is 1. The minimum absolute atomic E-state index is 0.0765. The van der Waals surface area contributed by atoms with E-state index in [4.69, 9.17) is 0 Å². The van der Waals surface area contributed by atoms with E-state index >= 15 is 0 Å². The van der Waals surface area contributed by atoms with Gasteiger partial charge < -0.3 is 9.88 Å². The molecule has 0 atom stereocenters. The maximum atomic E-state index is 13.7. The molecule has 0 saturated carbocycles. The van der Waals surface area contributed by atoms with Crippen LogP contribution in [0.15, 0.2) is 59.5 Å². The number of hydrogen-bond donors (Lipinski definition) is 1. The lowest BCUT2D eigenvalue weighted by atomic mass is 10.3. The van der Waals surface area contributed by atoms with Crippen molar-refractivity contribution >= 4 is 28.3 Å². The number of amides is 1. The van der Waals surface area contributed by atoms with Gasteiger partial charge >= 0.3 is 0 Å². The van der Waals surface area contributed by atoms with Crippen LogP contribution in [0.3, 0.4) is 0 Å². The number of hydrogen-bond acceptors (Lipinski definition) is 3. The summed E-state index contributed by atoms with van der Waals surface area (Å²) in [5.74, 6) is -1.04. The van der Waals surface area contributed by atoms with Gasteiger partial charge in [-0.05, 0) is 30.3 Å². The third kappa shape index (κ3) is 2.37. The largest absolute Gasteiger partial charge is 0.324 e. The Morgan fingerprint density at radius 1 is 1.16 bits per heavy atom. The summed E-state index contributed by atoms with van der Waals surface area (Å²) in [5.41, 5.74) is 0.921. The van der Waals surface area contributed by atoms with E-state index in [0.29, 0.717) is 16.7 Å². The minimum atomic E-state index is -0.529. The maximum absolute atomic E-state index is 13.7. The van der Waals surface area contributed by atoms with Gasteiger partial charge in [0, 0.05) is 13.2 Å². The molecule has 0 fully saturated rings. The van der Waals surface area contributed by atoms with Crippen molar-refractivity contribution in [3.63, 3.8) is 0 Å². The van der Waals surface area contributed by atoms with Crippen LogP contribution in [0.25, 0.3) is 16.7 Å². The van der Waals surface area contributed by atoms with Crippen LogP contribution >= 0.6 is 0 Å². The molecule has 6 nitrogen and oxygen atoms in total. The molecule has 4 rings (SSSR count). The van der Waals surface area contributed by atoms with Gasteiger partial charge in [0.15, 0.2) is 0 Å². The summed E-state index contributed by atoms with van der Waals surface area (Å²) in [4.78, 5) is 29.6. The molecule has 0 aliphatic carbocycles. The molecule has 3 heterocycles. The highest BCUT2D eigenvalue weighted by molar-refractivity contribution is 6.06. The lowest BCUT2D eigenvalue weighted by Crippen LogP contribution is -2.16. The fourth-order valence-electron chi connectivity index (χ4n) is 2.79. The molecule has 1 amide bonds. The molecule has 3 aromatic heterocycles. The number of halogens is 1. The molecule has 25 heavy (non-hydrogen) atoms. The van der Waals surface area contributed by atoms with Gasteiger partial charge in [-0.3, -0.25) is 14.0 Å². The average Bonchev–Trinajstić information content (AvgIpc) is 2.95. The number of aromatic nitrogens is 3. The summed E-state index contributed by atoms with van der Waals surface area (Å²) in [6, 6.07) is 12.6. The number of fused-ring (bicyclic) bond motifs is 2. The zero-order valence-corrected chi connectivity index (χ0v) is 13.2. The van der Waals surface area contributed by atoms with E-state index in [0.717, 1.165) is 0 Å². The maximum Gasteiger partial charge on any atom is 0.272 e. The van der Waals surface area contributed by atoms with Crippen molar-refractivity contribution in [3.05, 3.63) is 76.6 Å². The van der Waals surface area contributed by atoms with Crippen LogP contribution in [0.4, 0.5) is 10.1 Å². The highest BCUT2D eigenvalue weighted by Crippen LogP contribution is 2.18. The predicted molar refractivity (Wildman–Crippen MR) is 92.3 cm³/mol. The third-order valence-electron chi connectivity index (χ3n) is 4.06. The molecular formula is C18H13FN4O2. The quantitative estimate of drug-likeness (QED) is 0.612. The monoisotopic (exact) mass is 336 g/mol. The molecule has 7 heteroatoms. The molecule has 0 aliphatic rings. The first-order valence-electron chi connectivity index (χ1n) is 7.59. The highest BCUT2D eigenvalue weighted by atomic mass is 19.1. The van der Waals surface area contributed by atoms with E-state index in [9.17, 15) is 14.0 Å². The van der Waals surface area contributed by atoms with Crippen molar-refractivity contribution in [3.8, 4) is 0 Å². The van der Waals surface area contributed by atoms with E-state index in [2.05, 4.69) is 10.3 Å². The van der Waals surface area contributed by atoms with Crippen molar-refractivity contribution in [2.75, 3.05) is 5.32 Å². The van der Waals surface area contributed by atoms with Crippen LogP contribution in [0.5, 0.6) is 0 Å². The zero-order valence-electron chi connectivity index (χ0n) is 13.2. The zero-order chi connectivity index (χ0) is 17.6. The van der Waals surface area contributed by atoms with Crippen molar-refractivity contribution in [1.82, 2.24) is 14.0 Å². The fraction of sp³-hybridized carbons (Fsp3) is 0.0556. The van der Waals surface area contributed by atoms with Crippen molar-refractivity contribution in [2.45, 2.75) is 0 Å². The Morgan fingerprint density at radius 2 is 1.92 bits per heavy atom. The first kappa shape index (κ1) is 15.1. The van der Waals surface area contributed by atoms with Crippen molar-refractivity contribution in [2.24, 2.45) is 7.05 Å². The van der Waals surface area contributed by atoms with Gasteiger partial charge in [-0.15, -0.1) is 0 Å². The molecule has 0 spiro atoms. The normalized spacial score (nSPS) is 11.1. The fourth-order valence-corrected chi connectivity index (χ4v) is 2.79. The van der Waals surface area contributed by atoms with E-state index in [1.165, 1.54) is 33.2 Å². The number of carbonyl (C=O) groups is 1. The number of pyridine rings is 1. The lowest BCUT2D eigenvalue weighted by Gasteiger charge is -2.07. The Hall–Kier alpha value is -3.48. The third-order valence-corrected chi connectivity index (χ3v) is 4.06. The van der Waals surface area contributed by atoms with Crippen molar-refractivity contribution < 1.29 is 9.18 Å². The van der Waals surface area contributed by atoms with Crippen LogP contribution in [0, 0.1) is 5.82 Å². The Bertz CT molecular complexity index is 1190. The summed E-state index contributed by atoms with van der Waals surface area (Å²) < 4.78 is 16.7. The standard InChI is InChI=1S/C18H13FN4O2/c1-22-14(17(24)20-13-7-3-2-6-12(13)19)10-11-16(22)21-15-8-4-5-9-23(15)18(11)25/h2-10H,1H3,(H,20,24). The SMILES string of the molecule is Cn1c(C(=O)Nc2ccccc2F)cc2c(=O)n3ccccc3nc21. The second-order valence-corrected chi connectivity index (χ2v) is 5.61. The second-order valence-electron chi connectivity index (χ2n) is 5.61. The Morgan fingerprint density at radius 3 is 2.72 bits per heavy atom. The summed E-state index contributed by atoms with van der Waals surface area (Å²) in [6.07, 6.45) is 1.62. The van der Waals surface area contributed by atoms with E-state index < -0.39 is 11.7 Å². The second kappa shape index (κ2) is 5.55. The molecule has 0 saturated heterocycles. The lowest BCUT2D eigenvalue weighted by molar-refractivity contribution is 0.101. The Labute approximate surface area is 141 Å². The molecule has 1 N–H and O–H groups in total. The number of nitrogens with zero attached hydrogens (tertiary/aromatic N) is 3. The summed E-state index contributed by atoms with van der Waals surface area (Å²) >= 11 is 0. The van der Waals surface area contributed by atoms with E-state index in [1.54, 1.807) is 37.5 Å². The summed E-state index contributed by atoms with van der Waals surface area (Å²) in [5, 5.41) is 2.84. The molecule has 124 valence electrons. The van der Waals surface area contributed by atoms with Gasteiger partial charge in [-0.25, -0.2) is 9.37 Å². The first-order valence-corrected chi connectivity index (χ1v) is 7.59. The number of nitrogens with one attached hydrogen (secondary N) is 1. The van der Waals surface area contributed by atoms with Crippen LogP contribution in [-0.2, 0) is 7.05 Å². The van der Waals surface area contributed by atoms with Gasteiger partial charge in [0.05, 0.1) is 11.1 Å². The van der Waals surface area contributed by atoms with Gasteiger partial charge in [-0.1, -0.05) is 18.2 Å². The minimum Gasteiger partial charge on any atom is -0.324 e. The van der Waals surface area contributed by atoms with Gasteiger partial charge in [0.2, 0.25) is 0 Å². The number of anilines is 1. The number of para-hydroxylation sites is 1. The molecular weight excluding hydrogens is 323 g/mol. The smallest absolute Gasteiger partial charge is 0.272 e. The number of rotatable bonds is 2. The summed E-state index contributed by atoms with van der Waals surface area (Å²) in [7, 11) is 1.64. The van der Waals surface area contributed by atoms with Crippen LogP contribution in [0.2, 0.25) is 0 Å².